The predicted molar refractivity (Wildman–Crippen MR) is 68.0 cm³/mol. The second kappa shape index (κ2) is 4.37. The van der Waals surface area contributed by atoms with Gasteiger partial charge in [0.15, 0.2) is 5.60 Å². The molecule has 2 N–H and O–H groups in total. The Hall–Kier alpha value is -0.970. The normalized spacial score (nSPS) is 25.8. The van der Waals surface area contributed by atoms with E-state index in [2.05, 4.69) is 10.6 Å². The largest absolute Gasteiger partial charge is 0.436 e. The number of amides is 1. The van der Waals surface area contributed by atoms with Crippen molar-refractivity contribution in [3.05, 3.63) is 28.8 Å². The van der Waals surface area contributed by atoms with Crippen LogP contribution < -0.4 is 10.6 Å². The van der Waals surface area contributed by atoms with Crippen molar-refractivity contribution in [3.63, 3.8) is 0 Å². The minimum Gasteiger partial charge on any atom is -0.436 e. The summed E-state index contributed by atoms with van der Waals surface area (Å²) in [5, 5.41) is 6.56. The molecule has 2 aliphatic rings. The number of anilines is 1. The van der Waals surface area contributed by atoms with Gasteiger partial charge >= 0.3 is 6.09 Å². The minimum atomic E-state index is -0.539. The van der Waals surface area contributed by atoms with E-state index < -0.39 is 11.7 Å². The van der Waals surface area contributed by atoms with Gasteiger partial charge in [0.2, 0.25) is 0 Å². The van der Waals surface area contributed by atoms with Crippen LogP contribution in [0.5, 0.6) is 0 Å². The molecule has 0 aliphatic carbocycles. The van der Waals surface area contributed by atoms with Gasteiger partial charge in [-0.05, 0) is 24.7 Å². The summed E-state index contributed by atoms with van der Waals surface area (Å²) in [7, 11) is 0. The highest BCUT2D eigenvalue weighted by atomic mass is 35.5. The molecule has 1 spiro atoms. The lowest BCUT2D eigenvalue weighted by Gasteiger charge is -2.34. The van der Waals surface area contributed by atoms with Crippen LogP contribution in [0, 0.1) is 0 Å². The number of hydrogen-bond donors (Lipinski definition) is 2. The lowest BCUT2D eigenvalue weighted by atomic mass is 9.90. The number of hydrogen-bond acceptors (Lipinski definition) is 3. The van der Waals surface area contributed by atoms with Crippen molar-refractivity contribution in [3.8, 4) is 0 Å². The maximum atomic E-state index is 11.5. The molecular formula is C11H12Cl2N2O2. The second-order valence-electron chi connectivity index (χ2n) is 4.13. The first-order valence-electron chi connectivity index (χ1n) is 5.20. The Morgan fingerprint density at radius 1 is 1.41 bits per heavy atom. The number of ether oxygens (including phenoxy) is 1. The molecule has 1 amide bonds. The molecule has 2 aliphatic heterocycles. The maximum absolute atomic E-state index is 11.5. The molecule has 3 rings (SSSR count). The summed E-state index contributed by atoms with van der Waals surface area (Å²) < 4.78 is 5.45. The quantitative estimate of drug-likeness (QED) is 0.765. The van der Waals surface area contributed by atoms with E-state index in [0.717, 1.165) is 24.2 Å². The predicted octanol–water partition coefficient (Wildman–Crippen LogP) is 2.51. The zero-order chi connectivity index (χ0) is 11.2. The molecule has 1 saturated heterocycles. The lowest BCUT2D eigenvalue weighted by Crippen LogP contribution is -2.41. The number of nitrogens with one attached hydrogen (secondary N) is 2. The second-order valence-corrected chi connectivity index (χ2v) is 4.56. The van der Waals surface area contributed by atoms with Crippen LogP contribution in [0.15, 0.2) is 18.2 Å². The highest BCUT2D eigenvalue weighted by Gasteiger charge is 2.44. The van der Waals surface area contributed by atoms with Gasteiger partial charge in [-0.1, -0.05) is 11.6 Å². The Morgan fingerprint density at radius 3 is 2.94 bits per heavy atom. The van der Waals surface area contributed by atoms with Crippen molar-refractivity contribution in [1.29, 1.82) is 0 Å². The number of fused-ring (bicyclic) bond motifs is 2. The Kier molecular flexibility index (Phi) is 3.21. The Labute approximate surface area is 110 Å². The van der Waals surface area contributed by atoms with E-state index in [9.17, 15) is 4.79 Å². The van der Waals surface area contributed by atoms with E-state index in [4.69, 9.17) is 16.3 Å². The third kappa shape index (κ3) is 1.97. The first-order valence-corrected chi connectivity index (χ1v) is 5.58. The molecule has 1 fully saturated rings. The zero-order valence-corrected chi connectivity index (χ0v) is 10.5. The summed E-state index contributed by atoms with van der Waals surface area (Å²) in [6.45, 7) is 1.49. The van der Waals surface area contributed by atoms with Crippen LogP contribution in [-0.2, 0) is 10.3 Å². The fourth-order valence-electron chi connectivity index (χ4n) is 2.36. The Bertz CT molecular complexity index is 459. The molecule has 1 unspecified atom stereocenters. The number of rotatable bonds is 0. The Morgan fingerprint density at radius 2 is 2.24 bits per heavy atom. The molecule has 0 saturated carbocycles. The van der Waals surface area contributed by atoms with Gasteiger partial charge in [-0.3, -0.25) is 5.32 Å². The zero-order valence-electron chi connectivity index (χ0n) is 8.96. The van der Waals surface area contributed by atoms with Gasteiger partial charge in [0, 0.05) is 23.6 Å². The molecule has 17 heavy (non-hydrogen) atoms. The molecular weight excluding hydrogens is 263 g/mol. The summed E-state index contributed by atoms with van der Waals surface area (Å²) in [6, 6.07) is 5.45. The third-order valence-corrected chi connectivity index (χ3v) is 3.35. The van der Waals surface area contributed by atoms with E-state index in [1.807, 2.05) is 12.1 Å². The molecule has 2 heterocycles. The average Bonchev–Trinajstić information content (AvgIpc) is 2.69. The van der Waals surface area contributed by atoms with E-state index in [1.165, 1.54) is 0 Å². The van der Waals surface area contributed by atoms with Gasteiger partial charge in [0.1, 0.15) is 0 Å². The SMILES string of the molecule is Cl.O=C1Nc2ccc(Cl)cc2C2(CCNC2)O1. The maximum Gasteiger partial charge on any atom is 0.412 e. The van der Waals surface area contributed by atoms with Crippen LogP contribution in [0.4, 0.5) is 10.5 Å². The number of carbonyl (C=O) groups excluding carboxylic acids is 1. The van der Waals surface area contributed by atoms with E-state index in [-0.39, 0.29) is 12.4 Å². The molecule has 1 aromatic rings. The summed E-state index contributed by atoms with van der Waals surface area (Å²) >= 11 is 5.99. The van der Waals surface area contributed by atoms with Gasteiger partial charge in [0.05, 0.1) is 5.69 Å². The van der Waals surface area contributed by atoms with E-state index in [0.29, 0.717) is 11.6 Å². The van der Waals surface area contributed by atoms with Crippen molar-refractivity contribution in [2.24, 2.45) is 0 Å². The number of benzene rings is 1. The van der Waals surface area contributed by atoms with Crippen LogP contribution in [0.3, 0.4) is 0 Å². The number of carbonyl (C=O) groups is 1. The summed E-state index contributed by atoms with van der Waals surface area (Å²) in [5.74, 6) is 0. The van der Waals surface area contributed by atoms with Crippen LogP contribution >= 0.6 is 24.0 Å². The van der Waals surface area contributed by atoms with Crippen molar-refractivity contribution in [2.45, 2.75) is 12.0 Å². The Balaban J connectivity index is 0.00000108. The van der Waals surface area contributed by atoms with Crippen molar-refractivity contribution >= 4 is 35.8 Å². The van der Waals surface area contributed by atoms with Crippen molar-refractivity contribution < 1.29 is 9.53 Å². The highest BCUT2D eigenvalue weighted by molar-refractivity contribution is 6.30. The first kappa shape index (κ1) is 12.5. The van der Waals surface area contributed by atoms with Gasteiger partial charge in [-0.15, -0.1) is 12.4 Å². The molecule has 6 heteroatoms. The topological polar surface area (TPSA) is 50.4 Å². The molecule has 0 radical (unpaired) electrons. The van der Waals surface area contributed by atoms with Gasteiger partial charge in [-0.25, -0.2) is 4.79 Å². The smallest absolute Gasteiger partial charge is 0.412 e. The fraction of sp³-hybridized carbons (Fsp3) is 0.364. The summed E-state index contributed by atoms with van der Waals surface area (Å²) in [6.07, 6.45) is 0.395. The molecule has 92 valence electrons. The lowest BCUT2D eigenvalue weighted by molar-refractivity contribution is 0.0278. The highest BCUT2D eigenvalue weighted by Crippen LogP contribution is 2.41. The average molecular weight is 275 g/mol. The minimum absolute atomic E-state index is 0. The summed E-state index contributed by atoms with van der Waals surface area (Å²) in [5.41, 5.74) is 1.22. The molecule has 0 aromatic heterocycles. The first-order chi connectivity index (χ1) is 7.70. The van der Waals surface area contributed by atoms with Crippen LogP contribution in [0.2, 0.25) is 5.02 Å². The van der Waals surface area contributed by atoms with Crippen LogP contribution in [0.25, 0.3) is 0 Å². The fourth-order valence-corrected chi connectivity index (χ4v) is 2.53. The molecule has 1 atom stereocenters. The molecule has 1 aromatic carbocycles. The van der Waals surface area contributed by atoms with Gasteiger partial charge in [0.25, 0.3) is 0 Å². The van der Waals surface area contributed by atoms with Crippen LogP contribution in [0.1, 0.15) is 12.0 Å². The molecule has 0 bridgehead atoms. The molecule has 4 nitrogen and oxygen atoms in total. The van der Waals surface area contributed by atoms with Crippen molar-refractivity contribution in [2.75, 3.05) is 18.4 Å². The van der Waals surface area contributed by atoms with Crippen molar-refractivity contribution in [1.82, 2.24) is 5.32 Å². The van der Waals surface area contributed by atoms with E-state index >= 15 is 0 Å². The van der Waals surface area contributed by atoms with E-state index in [1.54, 1.807) is 6.07 Å². The monoisotopic (exact) mass is 274 g/mol. The van der Waals surface area contributed by atoms with Crippen LogP contribution in [-0.4, -0.2) is 19.2 Å². The number of halogens is 2. The summed E-state index contributed by atoms with van der Waals surface area (Å²) in [4.78, 5) is 11.5. The standard InChI is InChI=1S/C11H11ClN2O2.ClH/c12-7-1-2-9-8(5-7)11(3-4-13-6-11)16-10(15)14-9;/h1-2,5,13H,3-4,6H2,(H,14,15);1H. The van der Waals surface area contributed by atoms with Gasteiger partial charge < -0.3 is 10.1 Å². The third-order valence-electron chi connectivity index (χ3n) is 3.11. The van der Waals surface area contributed by atoms with Gasteiger partial charge in [-0.2, -0.15) is 0 Å².